The Kier molecular flexibility index (Phi) is 6.06. The molecule has 0 radical (unpaired) electrons. The molecule has 1 N–H and O–H groups in total. The van der Waals surface area contributed by atoms with Crippen molar-refractivity contribution in [2.24, 2.45) is 0 Å². The van der Waals surface area contributed by atoms with Crippen LogP contribution in [0.1, 0.15) is 29.9 Å². The Morgan fingerprint density at radius 1 is 1.19 bits per heavy atom. The zero-order valence-corrected chi connectivity index (χ0v) is 17.2. The van der Waals surface area contributed by atoms with Gasteiger partial charge in [-0.3, -0.25) is 9.59 Å². The minimum atomic E-state index is -0.515. The number of benzene rings is 1. The van der Waals surface area contributed by atoms with Gasteiger partial charge in [-0.15, -0.1) is 0 Å². The number of aryl methyl sites for hydroxylation is 1. The average molecular weight is 422 g/mol. The highest BCUT2D eigenvalue weighted by Gasteiger charge is 2.34. The van der Waals surface area contributed by atoms with Gasteiger partial charge in [0.05, 0.1) is 12.1 Å². The van der Waals surface area contributed by atoms with Gasteiger partial charge in [0.25, 0.3) is 0 Å². The summed E-state index contributed by atoms with van der Waals surface area (Å²) >= 11 is 0. The van der Waals surface area contributed by atoms with Gasteiger partial charge in [0.1, 0.15) is 11.8 Å². The second-order valence-electron chi connectivity index (χ2n) is 7.64. The highest BCUT2D eigenvalue weighted by molar-refractivity contribution is 5.88. The van der Waals surface area contributed by atoms with Crippen molar-refractivity contribution in [3.63, 3.8) is 0 Å². The van der Waals surface area contributed by atoms with E-state index in [1.54, 1.807) is 24.0 Å². The standard InChI is InChI=1S/C23H23FN4O3/c1-15-11-19(31-27-15)12-22(29)28-10-2-3-20(28)23(30)26-13-16-4-6-17(7-5-16)18-8-9-21(24)25-14-18/h4-9,11,14,20H,2-3,10,12-13H2,1H3,(H,26,30)/t20-/m0/s1. The van der Waals surface area contributed by atoms with Gasteiger partial charge in [-0.1, -0.05) is 29.4 Å². The molecular formula is C23H23FN4O3. The van der Waals surface area contributed by atoms with Gasteiger partial charge in [0.2, 0.25) is 17.8 Å². The summed E-state index contributed by atoms with van der Waals surface area (Å²) in [6.45, 7) is 2.72. The summed E-state index contributed by atoms with van der Waals surface area (Å²) < 4.78 is 18.1. The number of aromatic nitrogens is 2. The normalized spacial score (nSPS) is 15.8. The number of carbonyl (C=O) groups is 2. The third-order valence-corrected chi connectivity index (χ3v) is 5.36. The fraction of sp³-hybridized carbons (Fsp3) is 0.304. The van der Waals surface area contributed by atoms with Gasteiger partial charge in [-0.2, -0.15) is 4.39 Å². The molecule has 0 saturated carbocycles. The van der Waals surface area contributed by atoms with E-state index in [1.807, 2.05) is 24.3 Å². The van der Waals surface area contributed by atoms with E-state index in [-0.39, 0.29) is 18.2 Å². The summed E-state index contributed by atoms with van der Waals surface area (Å²) in [5.41, 5.74) is 3.39. The second-order valence-corrected chi connectivity index (χ2v) is 7.64. The monoisotopic (exact) mass is 422 g/mol. The Balaban J connectivity index is 1.33. The molecule has 1 aromatic carbocycles. The van der Waals surface area contributed by atoms with E-state index in [9.17, 15) is 14.0 Å². The molecule has 0 unspecified atom stereocenters. The minimum absolute atomic E-state index is 0.102. The molecule has 1 saturated heterocycles. The molecule has 2 amide bonds. The van der Waals surface area contributed by atoms with Crippen molar-refractivity contribution in [3.8, 4) is 11.1 Å². The molecule has 1 aliphatic rings. The van der Waals surface area contributed by atoms with E-state index in [4.69, 9.17) is 4.52 Å². The fourth-order valence-corrected chi connectivity index (χ4v) is 3.76. The molecule has 3 heterocycles. The van der Waals surface area contributed by atoms with Crippen LogP contribution in [0.3, 0.4) is 0 Å². The van der Waals surface area contributed by atoms with Crippen LogP contribution in [0.4, 0.5) is 4.39 Å². The molecule has 7 nitrogen and oxygen atoms in total. The summed E-state index contributed by atoms with van der Waals surface area (Å²) in [5.74, 6) is -0.305. The van der Waals surface area contributed by atoms with E-state index in [1.165, 1.54) is 12.3 Å². The Bertz CT molecular complexity index is 1060. The number of halogens is 1. The maximum Gasteiger partial charge on any atom is 0.243 e. The van der Waals surface area contributed by atoms with Crippen LogP contribution in [0.2, 0.25) is 0 Å². The molecule has 1 fully saturated rings. The lowest BCUT2D eigenvalue weighted by Gasteiger charge is -2.23. The Labute approximate surface area is 179 Å². The first-order chi connectivity index (χ1) is 15.0. The van der Waals surface area contributed by atoms with Crippen molar-refractivity contribution in [1.82, 2.24) is 20.4 Å². The number of nitrogens with one attached hydrogen (secondary N) is 1. The van der Waals surface area contributed by atoms with Crippen molar-refractivity contribution < 1.29 is 18.5 Å². The second kappa shape index (κ2) is 9.07. The maximum atomic E-state index is 13.0. The van der Waals surface area contributed by atoms with E-state index in [2.05, 4.69) is 15.5 Å². The molecule has 0 spiro atoms. The number of hydrogen-bond donors (Lipinski definition) is 1. The largest absolute Gasteiger partial charge is 0.361 e. The van der Waals surface area contributed by atoms with Gasteiger partial charge in [0, 0.05) is 30.9 Å². The van der Waals surface area contributed by atoms with Crippen molar-refractivity contribution in [2.75, 3.05) is 6.54 Å². The number of hydrogen-bond acceptors (Lipinski definition) is 5. The van der Waals surface area contributed by atoms with Crippen LogP contribution in [-0.2, 0) is 22.6 Å². The summed E-state index contributed by atoms with van der Waals surface area (Å²) in [5, 5.41) is 6.73. The van der Waals surface area contributed by atoms with Crippen molar-refractivity contribution >= 4 is 11.8 Å². The first-order valence-corrected chi connectivity index (χ1v) is 10.2. The van der Waals surface area contributed by atoms with Gasteiger partial charge in [-0.05, 0) is 43.0 Å². The predicted octanol–water partition coefficient (Wildman–Crippen LogP) is 3.03. The zero-order valence-electron chi connectivity index (χ0n) is 17.2. The van der Waals surface area contributed by atoms with Crippen LogP contribution in [0.25, 0.3) is 11.1 Å². The van der Waals surface area contributed by atoms with Crippen LogP contribution < -0.4 is 5.32 Å². The first-order valence-electron chi connectivity index (χ1n) is 10.2. The number of amides is 2. The van der Waals surface area contributed by atoms with Gasteiger partial charge >= 0.3 is 0 Å². The van der Waals surface area contributed by atoms with Gasteiger partial charge in [-0.25, -0.2) is 4.98 Å². The first kappa shape index (κ1) is 20.7. The Morgan fingerprint density at radius 3 is 2.65 bits per heavy atom. The summed E-state index contributed by atoms with van der Waals surface area (Å²) in [7, 11) is 0. The van der Waals surface area contributed by atoms with E-state index in [0.717, 1.165) is 28.8 Å². The molecule has 0 bridgehead atoms. The quantitative estimate of drug-likeness (QED) is 0.617. The smallest absolute Gasteiger partial charge is 0.243 e. The lowest BCUT2D eigenvalue weighted by molar-refractivity contribution is -0.138. The van der Waals surface area contributed by atoms with Crippen LogP contribution in [-0.4, -0.2) is 39.4 Å². The van der Waals surface area contributed by atoms with E-state index < -0.39 is 12.0 Å². The molecule has 3 aromatic rings. The highest BCUT2D eigenvalue weighted by atomic mass is 19.1. The van der Waals surface area contributed by atoms with Crippen LogP contribution in [0.15, 0.2) is 53.2 Å². The number of rotatable bonds is 6. The third-order valence-electron chi connectivity index (χ3n) is 5.36. The van der Waals surface area contributed by atoms with Gasteiger partial charge in [0.15, 0.2) is 0 Å². The number of likely N-dealkylation sites (tertiary alicyclic amines) is 1. The van der Waals surface area contributed by atoms with Gasteiger partial charge < -0.3 is 14.7 Å². The molecule has 0 aliphatic carbocycles. The minimum Gasteiger partial charge on any atom is -0.361 e. The molecule has 1 aliphatic heterocycles. The third kappa shape index (κ3) is 4.96. The Morgan fingerprint density at radius 2 is 1.97 bits per heavy atom. The van der Waals surface area contributed by atoms with Crippen LogP contribution in [0, 0.1) is 12.9 Å². The summed E-state index contributed by atoms with van der Waals surface area (Å²) in [6.07, 6.45) is 3.02. The van der Waals surface area contributed by atoms with Crippen LogP contribution in [0.5, 0.6) is 0 Å². The van der Waals surface area contributed by atoms with Crippen molar-refractivity contribution in [3.05, 3.63) is 71.6 Å². The van der Waals surface area contributed by atoms with Crippen LogP contribution >= 0.6 is 0 Å². The molecule has 1 atom stereocenters. The maximum absolute atomic E-state index is 13.0. The molecule has 4 rings (SSSR count). The number of nitrogens with zero attached hydrogens (tertiary/aromatic N) is 3. The van der Waals surface area contributed by atoms with Crippen molar-refractivity contribution in [2.45, 2.75) is 38.8 Å². The van der Waals surface area contributed by atoms with Crippen molar-refractivity contribution in [1.29, 1.82) is 0 Å². The molecule has 2 aromatic heterocycles. The average Bonchev–Trinajstić information content (AvgIpc) is 3.42. The summed E-state index contributed by atoms with van der Waals surface area (Å²) in [6, 6.07) is 11.9. The number of carbonyl (C=O) groups excluding carboxylic acids is 2. The summed E-state index contributed by atoms with van der Waals surface area (Å²) in [4.78, 5) is 30.6. The van der Waals surface area contributed by atoms with E-state index in [0.29, 0.717) is 25.3 Å². The molecule has 8 heteroatoms. The molecular weight excluding hydrogens is 399 g/mol. The topological polar surface area (TPSA) is 88.3 Å². The Hall–Kier alpha value is -3.55. The fourth-order valence-electron chi connectivity index (χ4n) is 3.76. The lowest BCUT2D eigenvalue weighted by atomic mass is 10.1. The molecule has 160 valence electrons. The number of pyridine rings is 1. The van der Waals surface area contributed by atoms with E-state index >= 15 is 0 Å². The molecule has 31 heavy (non-hydrogen) atoms. The zero-order chi connectivity index (χ0) is 21.8. The highest BCUT2D eigenvalue weighted by Crippen LogP contribution is 2.21. The predicted molar refractivity (Wildman–Crippen MR) is 111 cm³/mol. The SMILES string of the molecule is Cc1cc(CC(=O)N2CCC[C@H]2C(=O)NCc2ccc(-c3ccc(F)nc3)cc2)on1. The lowest BCUT2D eigenvalue weighted by Crippen LogP contribution is -2.46.